The molecule has 0 saturated heterocycles. The van der Waals surface area contributed by atoms with Gasteiger partial charge in [0, 0.05) is 14.9 Å². The lowest BCUT2D eigenvalue weighted by Gasteiger charge is -2.18. The van der Waals surface area contributed by atoms with Gasteiger partial charge in [-0.05, 0) is 55.4 Å². The maximum Gasteiger partial charge on any atom is 0.341 e. The fraction of sp³-hybridized carbons (Fsp3) is 0.400. The molecule has 1 heterocycles. The lowest BCUT2D eigenvalue weighted by molar-refractivity contribution is 0.0505. The highest BCUT2D eigenvalue weighted by molar-refractivity contribution is 9.10. The molecule has 4 nitrogen and oxygen atoms in total. The van der Waals surface area contributed by atoms with E-state index in [9.17, 15) is 9.59 Å². The molecule has 1 aromatic heterocycles. The summed E-state index contributed by atoms with van der Waals surface area (Å²) in [4.78, 5) is 26.5. The van der Waals surface area contributed by atoms with Crippen LogP contribution in [0, 0.1) is 5.92 Å². The zero-order chi connectivity index (χ0) is 18.7. The lowest BCUT2D eigenvalue weighted by atomic mass is 9.88. The first-order valence-corrected chi connectivity index (χ1v) is 10.5. The van der Waals surface area contributed by atoms with E-state index in [4.69, 9.17) is 4.74 Å². The quantitative estimate of drug-likeness (QED) is 0.634. The minimum Gasteiger partial charge on any atom is -0.462 e. The molecule has 1 atom stereocenters. The van der Waals surface area contributed by atoms with Crippen molar-refractivity contribution < 1.29 is 14.3 Å². The molecule has 0 spiro atoms. The van der Waals surface area contributed by atoms with Crippen molar-refractivity contribution in [1.29, 1.82) is 0 Å². The van der Waals surface area contributed by atoms with Crippen LogP contribution in [0.1, 0.15) is 57.8 Å². The van der Waals surface area contributed by atoms with Gasteiger partial charge in [-0.25, -0.2) is 4.79 Å². The van der Waals surface area contributed by atoms with Crippen LogP contribution >= 0.6 is 27.3 Å². The molecule has 1 aliphatic rings. The van der Waals surface area contributed by atoms with Crippen molar-refractivity contribution in [1.82, 2.24) is 0 Å². The molecule has 0 bridgehead atoms. The molecule has 26 heavy (non-hydrogen) atoms. The number of hydrogen-bond donors (Lipinski definition) is 1. The standard InChI is InChI=1S/C20H22BrNO3S/c1-3-9-25-20(24)17-15-8-7-12(2)10-16(15)26-19(17)22-18(23)13-5-4-6-14(21)11-13/h4-6,11-12H,3,7-10H2,1-2H3,(H,22,23). The van der Waals surface area contributed by atoms with Gasteiger partial charge in [0.25, 0.3) is 5.91 Å². The molecule has 0 radical (unpaired) electrons. The van der Waals surface area contributed by atoms with Crippen LogP contribution in [0.3, 0.4) is 0 Å². The average Bonchev–Trinajstić information content (AvgIpc) is 2.96. The number of halogens is 1. The second kappa shape index (κ2) is 8.35. The summed E-state index contributed by atoms with van der Waals surface area (Å²) in [7, 11) is 0. The number of amides is 1. The van der Waals surface area contributed by atoms with Crippen LogP contribution in [0.5, 0.6) is 0 Å². The normalized spacial score (nSPS) is 16.0. The number of nitrogens with one attached hydrogen (secondary N) is 1. The van der Waals surface area contributed by atoms with Crippen molar-refractivity contribution in [2.75, 3.05) is 11.9 Å². The highest BCUT2D eigenvalue weighted by atomic mass is 79.9. The maximum absolute atomic E-state index is 12.7. The van der Waals surface area contributed by atoms with Gasteiger partial charge in [0.05, 0.1) is 12.2 Å². The minimum absolute atomic E-state index is 0.220. The molecule has 0 saturated carbocycles. The van der Waals surface area contributed by atoms with Crippen LogP contribution in [0.25, 0.3) is 0 Å². The first-order valence-electron chi connectivity index (χ1n) is 8.88. The van der Waals surface area contributed by atoms with E-state index in [-0.39, 0.29) is 11.9 Å². The van der Waals surface area contributed by atoms with E-state index in [1.165, 1.54) is 16.2 Å². The van der Waals surface area contributed by atoms with Crippen molar-refractivity contribution in [3.05, 3.63) is 50.3 Å². The summed E-state index contributed by atoms with van der Waals surface area (Å²) < 4.78 is 6.22. The summed E-state index contributed by atoms with van der Waals surface area (Å²) in [5.41, 5.74) is 2.15. The molecular weight excluding hydrogens is 414 g/mol. The Morgan fingerprint density at radius 2 is 2.19 bits per heavy atom. The van der Waals surface area contributed by atoms with Gasteiger partial charge in [-0.15, -0.1) is 11.3 Å². The second-order valence-corrected chi connectivity index (χ2v) is 8.68. The largest absolute Gasteiger partial charge is 0.462 e. The number of carbonyl (C=O) groups excluding carboxylic acids is 2. The molecule has 1 aliphatic carbocycles. The molecule has 1 amide bonds. The third-order valence-electron chi connectivity index (χ3n) is 4.47. The number of benzene rings is 1. The smallest absolute Gasteiger partial charge is 0.341 e. The summed E-state index contributed by atoms with van der Waals surface area (Å²) in [5.74, 6) is 0.0419. The van der Waals surface area contributed by atoms with Gasteiger partial charge in [-0.1, -0.05) is 35.8 Å². The van der Waals surface area contributed by atoms with Crippen molar-refractivity contribution in [2.24, 2.45) is 5.92 Å². The Morgan fingerprint density at radius 3 is 2.92 bits per heavy atom. The first-order chi connectivity index (χ1) is 12.5. The average molecular weight is 436 g/mol. The van der Waals surface area contributed by atoms with E-state index in [0.29, 0.717) is 28.7 Å². The molecule has 1 aromatic carbocycles. The minimum atomic E-state index is -0.330. The van der Waals surface area contributed by atoms with Crippen molar-refractivity contribution in [2.45, 2.75) is 39.5 Å². The summed E-state index contributed by atoms with van der Waals surface area (Å²) in [6.45, 7) is 4.57. The second-order valence-electron chi connectivity index (χ2n) is 6.66. The molecule has 2 aromatic rings. The number of anilines is 1. The molecule has 138 valence electrons. The number of thiophene rings is 1. The van der Waals surface area contributed by atoms with E-state index in [0.717, 1.165) is 35.7 Å². The Hall–Kier alpha value is -1.66. The lowest BCUT2D eigenvalue weighted by Crippen LogP contribution is -2.17. The molecule has 3 rings (SSSR count). The summed E-state index contributed by atoms with van der Waals surface area (Å²) in [6.07, 6.45) is 3.63. The third-order valence-corrected chi connectivity index (χ3v) is 6.13. The van der Waals surface area contributed by atoms with E-state index < -0.39 is 0 Å². The van der Waals surface area contributed by atoms with Gasteiger partial charge < -0.3 is 10.1 Å². The molecule has 0 aliphatic heterocycles. The zero-order valence-corrected chi connectivity index (χ0v) is 17.3. The van der Waals surface area contributed by atoms with Crippen molar-refractivity contribution in [3.63, 3.8) is 0 Å². The number of rotatable bonds is 5. The van der Waals surface area contributed by atoms with E-state index in [1.54, 1.807) is 12.1 Å². The Kier molecular flexibility index (Phi) is 6.14. The highest BCUT2D eigenvalue weighted by Crippen LogP contribution is 2.40. The fourth-order valence-corrected chi connectivity index (χ4v) is 4.92. The monoisotopic (exact) mass is 435 g/mol. The summed E-state index contributed by atoms with van der Waals surface area (Å²) >= 11 is 4.89. The Labute approximate surface area is 166 Å². The predicted octanol–water partition coefficient (Wildman–Crippen LogP) is 5.45. The number of fused-ring (bicyclic) bond motifs is 1. The van der Waals surface area contributed by atoms with Crippen LogP contribution in [0.4, 0.5) is 5.00 Å². The number of hydrogen-bond acceptors (Lipinski definition) is 4. The molecule has 1 unspecified atom stereocenters. The highest BCUT2D eigenvalue weighted by Gasteiger charge is 2.29. The Morgan fingerprint density at radius 1 is 1.38 bits per heavy atom. The van der Waals surface area contributed by atoms with Crippen LogP contribution in [-0.2, 0) is 17.6 Å². The van der Waals surface area contributed by atoms with Gasteiger partial charge >= 0.3 is 5.97 Å². The van der Waals surface area contributed by atoms with Crippen LogP contribution in [-0.4, -0.2) is 18.5 Å². The van der Waals surface area contributed by atoms with Crippen molar-refractivity contribution >= 4 is 44.1 Å². The number of ether oxygens (including phenoxy) is 1. The van der Waals surface area contributed by atoms with Gasteiger partial charge in [0.1, 0.15) is 5.00 Å². The third kappa shape index (κ3) is 4.18. The summed E-state index contributed by atoms with van der Waals surface area (Å²) in [5, 5.41) is 3.55. The zero-order valence-electron chi connectivity index (χ0n) is 14.9. The predicted molar refractivity (Wildman–Crippen MR) is 108 cm³/mol. The molecule has 6 heteroatoms. The summed E-state index contributed by atoms with van der Waals surface area (Å²) in [6, 6.07) is 7.21. The van der Waals surface area contributed by atoms with Gasteiger partial charge in [0.15, 0.2) is 0 Å². The molecular formula is C20H22BrNO3S. The van der Waals surface area contributed by atoms with E-state index >= 15 is 0 Å². The number of carbonyl (C=O) groups is 2. The van der Waals surface area contributed by atoms with Crippen molar-refractivity contribution in [3.8, 4) is 0 Å². The van der Waals surface area contributed by atoms with Gasteiger partial charge in [0.2, 0.25) is 0 Å². The molecule has 1 N–H and O–H groups in total. The number of esters is 1. The van der Waals surface area contributed by atoms with Gasteiger partial charge in [-0.3, -0.25) is 4.79 Å². The fourth-order valence-electron chi connectivity index (χ4n) is 3.13. The Balaban J connectivity index is 1.92. The van der Waals surface area contributed by atoms with Gasteiger partial charge in [-0.2, -0.15) is 0 Å². The Bertz CT molecular complexity index is 830. The topological polar surface area (TPSA) is 55.4 Å². The maximum atomic E-state index is 12.7. The first kappa shape index (κ1) is 19.1. The molecule has 0 fully saturated rings. The SMILES string of the molecule is CCCOC(=O)c1c(NC(=O)c2cccc(Br)c2)sc2c1CCC(C)C2. The van der Waals surface area contributed by atoms with Crippen LogP contribution < -0.4 is 5.32 Å². The van der Waals surface area contributed by atoms with E-state index in [1.807, 2.05) is 19.1 Å². The van der Waals surface area contributed by atoms with Crippen LogP contribution in [0.15, 0.2) is 28.7 Å². The van der Waals surface area contributed by atoms with E-state index in [2.05, 4.69) is 28.2 Å². The van der Waals surface area contributed by atoms with Crippen LogP contribution in [0.2, 0.25) is 0 Å².